The summed E-state index contributed by atoms with van der Waals surface area (Å²) in [6, 6.07) is 8.56. The third kappa shape index (κ3) is 5.86. The SMILES string of the molecule is CC(C)(NC(=O)c1ccc(Br)s1)C(=O)Nc1ccc(N2CCOCC/C2=N\C#N)c(Cl)c1. The molecule has 32 heavy (non-hydrogen) atoms. The highest BCUT2D eigenvalue weighted by atomic mass is 79.9. The summed E-state index contributed by atoms with van der Waals surface area (Å²) in [5, 5.41) is 14.9. The minimum absolute atomic E-state index is 0.332. The highest BCUT2D eigenvalue weighted by molar-refractivity contribution is 9.11. The lowest BCUT2D eigenvalue weighted by atomic mass is 10.0. The molecule has 11 heteroatoms. The molecule has 0 spiro atoms. The van der Waals surface area contributed by atoms with Gasteiger partial charge < -0.3 is 20.3 Å². The van der Waals surface area contributed by atoms with Crippen LogP contribution >= 0.6 is 38.9 Å². The molecule has 1 saturated heterocycles. The largest absolute Gasteiger partial charge is 0.379 e. The first-order valence-electron chi connectivity index (χ1n) is 9.71. The molecule has 1 aromatic heterocycles. The third-order valence-electron chi connectivity index (χ3n) is 4.71. The summed E-state index contributed by atoms with van der Waals surface area (Å²) in [6.45, 7) is 4.71. The molecule has 0 unspecified atom stereocenters. The van der Waals surface area contributed by atoms with E-state index < -0.39 is 5.54 Å². The van der Waals surface area contributed by atoms with Gasteiger partial charge in [0, 0.05) is 18.7 Å². The van der Waals surface area contributed by atoms with Crippen LogP contribution in [0.5, 0.6) is 0 Å². The monoisotopic (exact) mass is 537 g/mol. The van der Waals surface area contributed by atoms with Gasteiger partial charge in [0.1, 0.15) is 11.4 Å². The maximum absolute atomic E-state index is 12.8. The van der Waals surface area contributed by atoms with Gasteiger partial charge >= 0.3 is 0 Å². The van der Waals surface area contributed by atoms with E-state index in [0.29, 0.717) is 53.3 Å². The number of halogens is 2. The number of amidine groups is 1. The number of carbonyl (C=O) groups is 2. The number of nitriles is 1. The zero-order valence-electron chi connectivity index (χ0n) is 17.4. The second-order valence-electron chi connectivity index (χ2n) is 7.45. The molecule has 8 nitrogen and oxygen atoms in total. The van der Waals surface area contributed by atoms with E-state index in [9.17, 15) is 9.59 Å². The van der Waals surface area contributed by atoms with Gasteiger partial charge in [-0.05, 0) is 60.1 Å². The molecule has 1 fully saturated rings. The van der Waals surface area contributed by atoms with Crippen LogP contribution in [0.15, 0.2) is 39.1 Å². The number of nitrogens with one attached hydrogen (secondary N) is 2. The number of anilines is 2. The van der Waals surface area contributed by atoms with Crippen LogP contribution in [-0.2, 0) is 9.53 Å². The molecule has 0 bridgehead atoms. The molecule has 2 N–H and O–H groups in total. The maximum atomic E-state index is 12.8. The van der Waals surface area contributed by atoms with Gasteiger partial charge in [0.2, 0.25) is 12.1 Å². The third-order valence-corrected chi connectivity index (χ3v) is 6.63. The van der Waals surface area contributed by atoms with Gasteiger partial charge in [-0.25, -0.2) is 0 Å². The van der Waals surface area contributed by atoms with Crippen LogP contribution in [0.25, 0.3) is 0 Å². The van der Waals surface area contributed by atoms with E-state index in [2.05, 4.69) is 31.6 Å². The fraction of sp³-hybridized carbons (Fsp3) is 0.333. The van der Waals surface area contributed by atoms with E-state index in [-0.39, 0.29) is 11.8 Å². The van der Waals surface area contributed by atoms with Crippen LogP contribution in [0.2, 0.25) is 5.02 Å². The number of amides is 2. The van der Waals surface area contributed by atoms with Gasteiger partial charge in [0.15, 0.2) is 0 Å². The Labute approximate surface area is 203 Å². The fourth-order valence-corrected chi connectivity index (χ4v) is 4.61. The Hall–Kier alpha value is -2.45. The highest BCUT2D eigenvalue weighted by Crippen LogP contribution is 2.31. The second-order valence-corrected chi connectivity index (χ2v) is 10.3. The minimum atomic E-state index is -1.16. The Kier molecular flexibility index (Phi) is 7.90. The Bertz CT molecular complexity index is 1100. The second kappa shape index (κ2) is 10.4. The number of hydrogen-bond acceptors (Lipinski definition) is 6. The summed E-state index contributed by atoms with van der Waals surface area (Å²) >= 11 is 11.1. The van der Waals surface area contributed by atoms with Crippen molar-refractivity contribution in [2.75, 3.05) is 30.0 Å². The zero-order chi connectivity index (χ0) is 23.3. The molecular formula is C21H21BrClN5O3S. The Morgan fingerprint density at radius 1 is 1.31 bits per heavy atom. The summed E-state index contributed by atoms with van der Waals surface area (Å²) in [5.41, 5.74) is -0.0113. The average molecular weight is 539 g/mol. The molecule has 2 amide bonds. The van der Waals surface area contributed by atoms with E-state index in [4.69, 9.17) is 21.6 Å². The number of aliphatic imine (C=N–C) groups is 1. The Morgan fingerprint density at radius 3 is 2.75 bits per heavy atom. The lowest BCUT2D eigenvalue weighted by Gasteiger charge is -2.26. The molecule has 0 radical (unpaired) electrons. The van der Waals surface area contributed by atoms with Crippen LogP contribution in [0.4, 0.5) is 11.4 Å². The number of rotatable bonds is 5. The van der Waals surface area contributed by atoms with Crippen molar-refractivity contribution in [3.8, 4) is 6.19 Å². The topological polar surface area (TPSA) is 107 Å². The quantitative estimate of drug-likeness (QED) is 0.548. The van der Waals surface area contributed by atoms with Crippen molar-refractivity contribution in [2.45, 2.75) is 25.8 Å². The van der Waals surface area contributed by atoms with Crippen LogP contribution in [-0.4, -0.2) is 42.9 Å². The molecule has 2 aromatic rings. The average Bonchev–Trinajstić information content (AvgIpc) is 3.04. The maximum Gasteiger partial charge on any atom is 0.262 e. The minimum Gasteiger partial charge on any atom is -0.379 e. The number of nitrogens with zero attached hydrogens (tertiary/aromatic N) is 3. The molecule has 1 aliphatic rings. The zero-order valence-corrected chi connectivity index (χ0v) is 20.6. The van der Waals surface area contributed by atoms with Crippen molar-refractivity contribution in [1.82, 2.24) is 5.32 Å². The molecule has 1 aliphatic heterocycles. The molecule has 0 atom stereocenters. The van der Waals surface area contributed by atoms with Gasteiger partial charge in [-0.3, -0.25) is 9.59 Å². The van der Waals surface area contributed by atoms with Gasteiger partial charge in [0.25, 0.3) is 5.91 Å². The van der Waals surface area contributed by atoms with Crippen LogP contribution in [0, 0.1) is 11.5 Å². The van der Waals surface area contributed by atoms with E-state index >= 15 is 0 Å². The number of hydrogen-bond donors (Lipinski definition) is 2. The lowest BCUT2D eigenvalue weighted by molar-refractivity contribution is -0.120. The first kappa shape index (κ1) is 24.2. The summed E-state index contributed by atoms with van der Waals surface area (Å²) in [6.07, 6.45) is 2.32. The van der Waals surface area contributed by atoms with E-state index in [1.807, 2.05) is 11.1 Å². The van der Waals surface area contributed by atoms with Gasteiger partial charge in [-0.1, -0.05) is 11.6 Å². The van der Waals surface area contributed by atoms with Crippen molar-refractivity contribution in [1.29, 1.82) is 5.26 Å². The number of thiophene rings is 1. The van der Waals surface area contributed by atoms with Crippen LogP contribution in [0.1, 0.15) is 29.9 Å². The van der Waals surface area contributed by atoms with E-state index in [0.717, 1.165) is 3.79 Å². The Morgan fingerprint density at radius 2 is 2.09 bits per heavy atom. The first-order valence-corrected chi connectivity index (χ1v) is 11.7. The molecule has 3 rings (SSSR count). The number of ether oxygens (including phenoxy) is 1. The molecule has 0 aliphatic carbocycles. The molecule has 168 valence electrons. The first-order chi connectivity index (χ1) is 15.2. The van der Waals surface area contributed by atoms with Crippen LogP contribution < -0.4 is 15.5 Å². The molecule has 0 saturated carbocycles. The smallest absolute Gasteiger partial charge is 0.262 e. The Balaban J connectivity index is 1.73. The lowest BCUT2D eigenvalue weighted by Crippen LogP contribution is -2.52. The summed E-state index contributed by atoms with van der Waals surface area (Å²) < 4.78 is 6.31. The predicted molar refractivity (Wildman–Crippen MR) is 129 cm³/mol. The number of carbonyl (C=O) groups excluding carboxylic acids is 2. The molecular weight excluding hydrogens is 518 g/mol. The van der Waals surface area contributed by atoms with Gasteiger partial charge in [0.05, 0.1) is 32.6 Å². The van der Waals surface area contributed by atoms with E-state index in [1.165, 1.54) is 11.3 Å². The summed E-state index contributed by atoms with van der Waals surface area (Å²) in [7, 11) is 0. The van der Waals surface area contributed by atoms with Crippen molar-refractivity contribution in [3.63, 3.8) is 0 Å². The molecule has 2 heterocycles. The van der Waals surface area contributed by atoms with Crippen molar-refractivity contribution >= 4 is 67.9 Å². The molecule has 1 aromatic carbocycles. The number of benzene rings is 1. The van der Waals surface area contributed by atoms with E-state index in [1.54, 1.807) is 44.2 Å². The van der Waals surface area contributed by atoms with Crippen molar-refractivity contribution in [3.05, 3.63) is 44.0 Å². The summed E-state index contributed by atoms with van der Waals surface area (Å²) in [4.78, 5) is 31.5. The normalized spacial score (nSPS) is 15.7. The van der Waals surface area contributed by atoms with Gasteiger partial charge in [-0.15, -0.1) is 11.3 Å². The van der Waals surface area contributed by atoms with Crippen LogP contribution in [0.3, 0.4) is 0 Å². The predicted octanol–water partition coefficient (Wildman–Crippen LogP) is 4.42. The highest BCUT2D eigenvalue weighted by Gasteiger charge is 2.30. The van der Waals surface area contributed by atoms with Crippen molar-refractivity contribution in [2.24, 2.45) is 4.99 Å². The van der Waals surface area contributed by atoms with Crippen molar-refractivity contribution < 1.29 is 14.3 Å². The standard InChI is InChI=1S/C21H21BrClN5O3S/c1-21(2,27-19(29)16-5-6-17(22)32-16)20(30)26-13-3-4-15(14(23)11-13)28-8-10-31-9-7-18(28)25-12-24/h3-6,11H,7-10H2,1-2H3,(H,26,30)(H,27,29)/b25-18+. The summed E-state index contributed by atoms with van der Waals surface area (Å²) in [5.74, 6) is -0.144. The fourth-order valence-electron chi connectivity index (χ4n) is 3.05. The van der Waals surface area contributed by atoms with Gasteiger partial charge in [-0.2, -0.15) is 10.3 Å².